The lowest BCUT2D eigenvalue weighted by Crippen LogP contribution is -2.54. The van der Waals surface area contributed by atoms with E-state index in [-0.39, 0.29) is 5.57 Å². The van der Waals surface area contributed by atoms with Gasteiger partial charge in [0, 0.05) is 0 Å². The summed E-state index contributed by atoms with van der Waals surface area (Å²) in [4.78, 5) is 38.5. The Labute approximate surface area is 196 Å². The van der Waals surface area contributed by atoms with E-state index in [1.165, 1.54) is 6.08 Å². The van der Waals surface area contributed by atoms with Crippen LogP contribution in [0.15, 0.2) is 72.3 Å². The average molecular weight is 461 g/mol. The normalized spacial score (nSPS) is 15.1. The van der Waals surface area contributed by atoms with Crippen LogP contribution in [0.5, 0.6) is 5.75 Å². The molecule has 3 aromatic carbocycles. The molecule has 1 aliphatic heterocycles. The van der Waals surface area contributed by atoms with Crippen molar-refractivity contribution in [2.45, 2.75) is 20.5 Å². The molecule has 1 heterocycles. The van der Waals surface area contributed by atoms with Gasteiger partial charge in [-0.25, -0.2) is 9.69 Å². The number of carbonyl (C=O) groups excluding carboxylic acids is 3. The quantitative estimate of drug-likeness (QED) is 0.419. The third-order valence-corrected chi connectivity index (χ3v) is 5.35. The van der Waals surface area contributed by atoms with Crippen molar-refractivity contribution < 1.29 is 19.1 Å². The monoisotopic (exact) mass is 460 g/mol. The van der Waals surface area contributed by atoms with Crippen LogP contribution >= 0.6 is 11.6 Å². The number of benzene rings is 3. The van der Waals surface area contributed by atoms with Gasteiger partial charge in [0.15, 0.2) is 0 Å². The SMILES string of the molecule is Cc1cc(C)cc(COc2ccc(/C=C3\C(=O)NC(=O)N(c4ccccc4)C3=O)cc2Cl)c1. The van der Waals surface area contributed by atoms with Gasteiger partial charge in [0.2, 0.25) is 0 Å². The Bertz CT molecular complexity index is 1260. The van der Waals surface area contributed by atoms with Crippen molar-refractivity contribution in [3.05, 3.63) is 99.6 Å². The smallest absolute Gasteiger partial charge is 0.335 e. The van der Waals surface area contributed by atoms with Crippen molar-refractivity contribution in [1.82, 2.24) is 5.32 Å². The molecule has 1 saturated heterocycles. The van der Waals surface area contributed by atoms with Crippen molar-refractivity contribution in [2.24, 2.45) is 0 Å². The van der Waals surface area contributed by atoms with Crippen LogP contribution in [-0.2, 0) is 16.2 Å². The minimum absolute atomic E-state index is 0.168. The lowest BCUT2D eigenvalue weighted by Gasteiger charge is -2.26. The van der Waals surface area contributed by atoms with Crippen LogP contribution in [0.1, 0.15) is 22.3 Å². The van der Waals surface area contributed by atoms with Crippen molar-refractivity contribution in [3.8, 4) is 5.75 Å². The van der Waals surface area contributed by atoms with Gasteiger partial charge in [-0.05, 0) is 55.3 Å². The summed E-state index contributed by atoms with van der Waals surface area (Å²) in [7, 11) is 0. The Morgan fingerprint density at radius 2 is 1.64 bits per heavy atom. The van der Waals surface area contributed by atoms with Crippen LogP contribution in [0, 0.1) is 13.8 Å². The molecule has 0 aliphatic carbocycles. The lowest BCUT2D eigenvalue weighted by molar-refractivity contribution is -0.122. The third kappa shape index (κ3) is 4.96. The number of anilines is 1. The number of para-hydroxylation sites is 1. The minimum atomic E-state index is -0.790. The fraction of sp³-hybridized carbons (Fsp3) is 0.115. The number of amides is 4. The first-order valence-electron chi connectivity index (χ1n) is 10.3. The van der Waals surface area contributed by atoms with Crippen molar-refractivity contribution in [2.75, 3.05) is 4.90 Å². The molecule has 0 bridgehead atoms. The fourth-order valence-corrected chi connectivity index (χ4v) is 3.92. The number of hydrogen-bond donors (Lipinski definition) is 1. The van der Waals surface area contributed by atoms with Gasteiger partial charge in [0.25, 0.3) is 11.8 Å². The summed E-state index contributed by atoms with van der Waals surface area (Å²) in [6, 6.07) is 18.8. The number of imide groups is 2. The molecular formula is C26H21ClN2O4. The summed E-state index contributed by atoms with van der Waals surface area (Å²) in [5.41, 5.74) is 4.06. The van der Waals surface area contributed by atoms with Crippen LogP contribution in [0.4, 0.5) is 10.5 Å². The lowest BCUT2D eigenvalue weighted by atomic mass is 10.1. The Hall–Kier alpha value is -3.90. The second kappa shape index (κ2) is 9.30. The molecule has 0 radical (unpaired) electrons. The molecule has 1 N–H and O–H groups in total. The maximum atomic E-state index is 12.9. The van der Waals surface area contributed by atoms with Crippen LogP contribution in [0.2, 0.25) is 5.02 Å². The van der Waals surface area contributed by atoms with Crippen molar-refractivity contribution in [1.29, 1.82) is 0 Å². The molecule has 0 saturated carbocycles. The number of rotatable bonds is 5. The maximum Gasteiger partial charge on any atom is 0.335 e. The molecule has 0 aromatic heterocycles. The first kappa shape index (κ1) is 22.3. The molecule has 0 unspecified atom stereocenters. The summed E-state index contributed by atoms with van der Waals surface area (Å²) in [5.74, 6) is -0.983. The number of nitrogens with one attached hydrogen (secondary N) is 1. The van der Waals surface area contributed by atoms with Crippen LogP contribution < -0.4 is 15.0 Å². The second-order valence-electron chi connectivity index (χ2n) is 7.77. The third-order valence-electron chi connectivity index (χ3n) is 5.06. The molecule has 4 rings (SSSR count). The zero-order valence-corrected chi connectivity index (χ0v) is 18.8. The molecule has 1 fully saturated rings. The summed E-state index contributed by atoms with van der Waals surface area (Å²) < 4.78 is 5.86. The van der Waals surface area contributed by atoms with Gasteiger partial charge in [-0.15, -0.1) is 0 Å². The number of halogens is 1. The zero-order valence-electron chi connectivity index (χ0n) is 18.1. The topological polar surface area (TPSA) is 75.7 Å². The van der Waals surface area contributed by atoms with Gasteiger partial charge in [0.1, 0.15) is 17.9 Å². The van der Waals surface area contributed by atoms with E-state index < -0.39 is 17.8 Å². The van der Waals surface area contributed by atoms with E-state index in [9.17, 15) is 14.4 Å². The summed E-state index contributed by atoms with van der Waals surface area (Å²) in [6.07, 6.45) is 1.40. The number of ether oxygens (including phenoxy) is 1. The highest BCUT2D eigenvalue weighted by Gasteiger charge is 2.36. The maximum absolute atomic E-state index is 12.9. The van der Waals surface area contributed by atoms with E-state index in [2.05, 4.69) is 11.4 Å². The largest absolute Gasteiger partial charge is 0.487 e. The summed E-state index contributed by atoms with van der Waals surface area (Å²) >= 11 is 6.39. The van der Waals surface area contributed by atoms with E-state index in [4.69, 9.17) is 16.3 Å². The molecule has 0 spiro atoms. The first-order valence-corrected chi connectivity index (χ1v) is 10.7. The van der Waals surface area contributed by atoms with Gasteiger partial charge in [0.05, 0.1) is 10.7 Å². The Morgan fingerprint density at radius 3 is 2.30 bits per heavy atom. The van der Waals surface area contributed by atoms with Crippen LogP contribution in [0.3, 0.4) is 0 Å². The number of barbiturate groups is 1. The first-order chi connectivity index (χ1) is 15.8. The van der Waals surface area contributed by atoms with Crippen molar-refractivity contribution >= 4 is 41.2 Å². The molecule has 166 valence electrons. The molecule has 4 amide bonds. The number of hydrogen-bond acceptors (Lipinski definition) is 4. The molecule has 7 heteroatoms. The Balaban J connectivity index is 1.55. The highest BCUT2D eigenvalue weighted by molar-refractivity contribution is 6.39. The van der Waals surface area contributed by atoms with Crippen LogP contribution in [0.25, 0.3) is 6.08 Å². The molecule has 1 aliphatic rings. The highest BCUT2D eigenvalue weighted by Crippen LogP contribution is 2.28. The Morgan fingerprint density at radius 1 is 0.939 bits per heavy atom. The molecule has 33 heavy (non-hydrogen) atoms. The highest BCUT2D eigenvalue weighted by atomic mass is 35.5. The van der Waals surface area contributed by atoms with Gasteiger partial charge in [-0.1, -0.05) is 65.2 Å². The minimum Gasteiger partial charge on any atom is -0.487 e. The van der Waals surface area contributed by atoms with E-state index in [1.807, 2.05) is 26.0 Å². The number of carbonyl (C=O) groups is 3. The molecule has 3 aromatic rings. The molecular weight excluding hydrogens is 440 g/mol. The van der Waals surface area contributed by atoms with E-state index in [1.54, 1.807) is 48.5 Å². The summed E-state index contributed by atoms with van der Waals surface area (Å²) in [5, 5.41) is 2.54. The second-order valence-corrected chi connectivity index (χ2v) is 8.18. The fourth-order valence-electron chi connectivity index (χ4n) is 3.67. The predicted octanol–water partition coefficient (Wildman–Crippen LogP) is 5.20. The zero-order chi connectivity index (χ0) is 23.5. The van der Waals surface area contributed by atoms with E-state index in [0.29, 0.717) is 28.6 Å². The van der Waals surface area contributed by atoms with Gasteiger partial charge in [-0.2, -0.15) is 0 Å². The van der Waals surface area contributed by atoms with Crippen molar-refractivity contribution in [3.63, 3.8) is 0 Å². The van der Waals surface area contributed by atoms with Gasteiger partial charge in [-0.3, -0.25) is 14.9 Å². The van der Waals surface area contributed by atoms with Gasteiger partial charge < -0.3 is 4.74 Å². The molecule has 0 atom stereocenters. The average Bonchev–Trinajstić information content (AvgIpc) is 2.76. The number of aryl methyl sites for hydroxylation is 2. The molecule has 6 nitrogen and oxygen atoms in total. The van der Waals surface area contributed by atoms with E-state index in [0.717, 1.165) is 21.6 Å². The van der Waals surface area contributed by atoms with E-state index >= 15 is 0 Å². The predicted molar refractivity (Wildman–Crippen MR) is 127 cm³/mol. The van der Waals surface area contributed by atoms with Gasteiger partial charge >= 0.3 is 6.03 Å². The summed E-state index contributed by atoms with van der Waals surface area (Å²) in [6.45, 7) is 4.42. The number of urea groups is 1. The Kier molecular flexibility index (Phi) is 6.29. The number of nitrogens with zero attached hydrogens (tertiary/aromatic N) is 1. The van der Waals surface area contributed by atoms with Crippen LogP contribution in [-0.4, -0.2) is 17.8 Å². The standard InChI is InChI=1S/C26H21ClN2O4/c1-16-10-17(2)12-19(11-16)15-33-23-9-8-18(14-22(23)27)13-21-24(30)28-26(32)29(25(21)31)20-6-4-3-5-7-20/h3-14H,15H2,1-2H3,(H,28,30,32)/b21-13+.